The Hall–Kier alpha value is -3.52. The smallest absolute Gasteiger partial charge is 0.416 e. The molecule has 4 rings (SSSR count). The number of carboxylic acid groups (broad SMARTS) is 1. The third-order valence-electron chi connectivity index (χ3n) is 7.21. The SMILES string of the molecule is CCc1cc(C)c2c(ccn2C(=O)O)c1C(C)(NC)c1nc2cc(C#N)cnc2n1COCC[Si](C)(C)C. The van der Waals surface area contributed by atoms with E-state index >= 15 is 0 Å². The summed E-state index contributed by atoms with van der Waals surface area (Å²) in [6.45, 7) is 13.9. The van der Waals surface area contributed by atoms with Crippen molar-refractivity contribution in [1.82, 2.24) is 24.4 Å². The highest BCUT2D eigenvalue weighted by Crippen LogP contribution is 2.39. The highest BCUT2D eigenvalue weighted by atomic mass is 28.3. The Morgan fingerprint density at radius 2 is 2.05 bits per heavy atom. The molecule has 0 spiro atoms. The van der Waals surface area contributed by atoms with E-state index in [0.717, 1.165) is 34.5 Å². The summed E-state index contributed by atoms with van der Waals surface area (Å²) in [7, 11) is 0.604. The van der Waals surface area contributed by atoms with Crippen LogP contribution in [0.5, 0.6) is 0 Å². The van der Waals surface area contributed by atoms with Crippen LogP contribution in [0.3, 0.4) is 0 Å². The first-order valence-electron chi connectivity index (χ1n) is 12.9. The molecule has 4 aromatic rings. The number of pyridine rings is 1. The number of carbonyl (C=O) groups is 1. The Kier molecular flexibility index (Phi) is 7.48. The Labute approximate surface area is 224 Å². The number of nitriles is 1. The fraction of sp³-hybridized carbons (Fsp3) is 0.429. The van der Waals surface area contributed by atoms with Gasteiger partial charge in [0.1, 0.15) is 29.7 Å². The number of imidazole rings is 1. The van der Waals surface area contributed by atoms with E-state index in [1.54, 1.807) is 18.5 Å². The van der Waals surface area contributed by atoms with E-state index in [4.69, 9.17) is 9.72 Å². The van der Waals surface area contributed by atoms with Gasteiger partial charge in [-0.1, -0.05) is 32.6 Å². The molecule has 0 saturated heterocycles. The molecule has 0 aliphatic rings. The van der Waals surface area contributed by atoms with Gasteiger partial charge >= 0.3 is 6.09 Å². The molecule has 2 N–H and O–H groups in total. The molecule has 0 radical (unpaired) electrons. The van der Waals surface area contributed by atoms with Crippen molar-refractivity contribution >= 4 is 36.2 Å². The van der Waals surface area contributed by atoms with Crippen molar-refractivity contribution in [3.05, 3.63) is 58.7 Å². The Morgan fingerprint density at radius 1 is 1.32 bits per heavy atom. The van der Waals surface area contributed by atoms with Crippen LogP contribution in [0.25, 0.3) is 22.1 Å². The van der Waals surface area contributed by atoms with Crippen molar-refractivity contribution < 1.29 is 14.6 Å². The molecule has 0 aliphatic carbocycles. The zero-order valence-corrected chi connectivity index (χ0v) is 24.2. The molecule has 0 aliphatic heterocycles. The first-order chi connectivity index (χ1) is 17.9. The lowest BCUT2D eigenvalue weighted by Gasteiger charge is -2.33. The second-order valence-corrected chi connectivity index (χ2v) is 16.7. The van der Waals surface area contributed by atoms with Crippen LogP contribution < -0.4 is 5.32 Å². The van der Waals surface area contributed by atoms with Crippen molar-refractivity contribution in [3.8, 4) is 6.07 Å². The third kappa shape index (κ3) is 4.85. The summed E-state index contributed by atoms with van der Waals surface area (Å²) in [5.41, 5.74) is 4.47. The van der Waals surface area contributed by atoms with Gasteiger partial charge in [0.05, 0.1) is 11.1 Å². The van der Waals surface area contributed by atoms with Gasteiger partial charge in [0.15, 0.2) is 5.65 Å². The normalized spacial score (nSPS) is 13.6. The largest absolute Gasteiger partial charge is 0.464 e. The highest BCUT2D eigenvalue weighted by Gasteiger charge is 2.37. The number of nitrogens with zero attached hydrogens (tertiary/aromatic N) is 5. The number of ether oxygens (including phenoxy) is 1. The van der Waals surface area contributed by atoms with Crippen molar-refractivity contribution in [2.45, 2.75) is 65.1 Å². The van der Waals surface area contributed by atoms with Gasteiger partial charge in [0.2, 0.25) is 0 Å². The number of rotatable bonds is 9. The van der Waals surface area contributed by atoms with Crippen LogP contribution in [0.15, 0.2) is 30.6 Å². The first-order valence-corrected chi connectivity index (χ1v) is 16.6. The zero-order valence-electron chi connectivity index (χ0n) is 23.2. The molecule has 0 amide bonds. The summed E-state index contributed by atoms with van der Waals surface area (Å²) in [5, 5.41) is 23.6. The maximum atomic E-state index is 12.0. The predicted molar refractivity (Wildman–Crippen MR) is 151 cm³/mol. The molecule has 1 atom stereocenters. The summed E-state index contributed by atoms with van der Waals surface area (Å²) in [4.78, 5) is 21.6. The molecule has 9 nitrogen and oxygen atoms in total. The molecular formula is C28H36N6O3Si. The molecular weight excluding hydrogens is 496 g/mol. The quantitative estimate of drug-likeness (QED) is 0.217. The molecule has 0 bridgehead atoms. The van der Waals surface area contributed by atoms with E-state index in [1.807, 2.05) is 24.6 Å². The number of nitrogens with one attached hydrogen (secondary N) is 1. The van der Waals surface area contributed by atoms with Gasteiger partial charge in [-0.05, 0) is 62.2 Å². The molecule has 1 unspecified atom stereocenters. The van der Waals surface area contributed by atoms with Crippen LogP contribution in [0.2, 0.25) is 25.7 Å². The van der Waals surface area contributed by atoms with Crippen LogP contribution in [0.4, 0.5) is 4.79 Å². The van der Waals surface area contributed by atoms with E-state index in [9.17, 15) is 15.2 Å². The van der Waals surface area contributed by atoms with Crippen LogP contribution >= 0.6 is 0 Å². The monoisotopic (exact) mass is 532 g/mol. The van der Waals surface area contributed by atoms with Crippen LogP contribution in [-0.2, 0) is 23.4 Å². The van der Waals surface area contributed by atoms with E-state index in [2.05, 4.69) is 55.9 Å². The summed E-state index contributed by atoms with van der Waals surface area (Å²) >= 11 is 0. The number of fused-ring (bicyclic) bond motifs is 2. The van der Waals surface area contributed by atoms with E-state index in [-0.39, 0.29) is 6.73 Å². The average Bonchev–Trinajstić information content (AvgIpc) is 3.48. The number of aromatic nitrogens is 4. The lowest BCUT2D eigenvalue weighted by molar-refractivity contribution is 0.0850. The standard InChI is InChI=1S/C28H36N6O3Si/c1-8-20-13-18(2)24-21(9-10-33(24)27(35)36)23(20)28(3,30-4)26-32-22-14-19(15-29)16-31-25(22)34(26)17-37-11-12-38(5,6)7/h9-10,13-14,16,30H,8,11-12,17H2,1-7H3,(H,35,36). The zero-order chi connectivity index (χ0) is 27.8. The van der Waals surface area contributed by atoms with Gasteiger partial charge in [0.25, 0.3) is 0 Å². The van der Waals surface area contributed by atoms with E-state index < -0.39 is 19.7 Å². The molecule has 0 fully saturated rings. The molecule has 3 aromatic heterocycles. The Morgan fingerprint density at radius 3 is 2.66 bits per heavy atom. The van der Waals surface area contributed by atoms with Crippen LogP contribution in [-0.4, -0.2) is 52.0 Å². The number of benzene rings is 1. The van der Waals surface area contributed by atoms with Gasteiger partial charge in [-0.2, -0.15) is 5.26 Å². The summed E-state index contributed by atoms with van der Waals surface area (Å²) in [6, 6.07) is 8.86. The van der Waals surface area contributed by atoms with Gasteiger partial charge in [-0.3, -0.25) is 9.13 Å². The van der Waals surface area contributed by atoms with Gasteiger partial charge in [-0.25, -0.2) is 14.8 Å². The molecule has 38 heavy (non-hydrogen) atoms. The molecule has 3 heterocycles. The molecule has 10 heteroatoms. The summed E-state index contributed by atoms with van der Waals surface area (Å²) < 4.78 is 9.42. The minimum absolute atomic E-state index is 0.263. The Bertz CT molecular complexity index is 1560. The third-order valence-corrected chi connectivity index (χ3v) is 8.91. The predicted octanol–water partition coefficient (Wildman–Crippen LogP) is 5.45. The maximum absolute atomic E-state index is 12.0. The maximum Gasteiger partial charge on any atom is 0.416 e. The van der Waals surface area contributed by atoms with Gasteiger partial charge in [-0.15, -0.1) is 0 Å². The van der Waals surface area contributed by atoms with Gasteiger partial charge in [0, 0.05) is 32.5 Å². The molecule has 1 aromatic carbocycles. The van der Waals surface area contributed by atoms with Crippen molar-refractivity contribution in [3.63, 3.8) is 0 Å². The lowest BCUT2D eigenvalue weighted by atomic mass is 9.83. The van der Waals surface area contributed by atoms with Crippen molar-refractivity contribution in [2.75, 3.05) is 13.7 Å². The average molecular weight is 533 g/mol. The number of aryl methyl sites for hydroxylation is 2. The van der Waals surface area contributed by atoms with E-state index in [0.29, 0.717) is 34.7 Å². The van der Waals surface area contributed by atoms with Crippen LogP contribution in [0, 0.1) is 18.3 Å². The molecule has 0 saturated carbocycles. The summed E-state index contributed by atoms with van der Waals surface area (Å²) in [5.74, 6) is 0.688. The number of hydrogen-bond acceptors (Lipinski definition) is 6. The van der Waals surface area contributed by atoms with Gasteiger partial charge < -0.3 is 15.2 Å². The highest BCUT2D eigenvalue weighted by molar-refractivity contribution is 6.76. The van der Waals surface area contributed by atoms with E-state index in [1.165, 1.54) is 4.57 Å². The summed E-state index contributed by atoms with van der Waals surface area (Å²) in [6.07, 6.45) is 2.88. The van der Waals surface area contributed by atoms with Crippen molar-refractivity contribution in [1.29, 1.82) is 5.26 Å². The second kappa shape index (κ2) is 10.3. The Balaban J connectivity index is 1.97. The topological polar surface area (TPSA) is 118 Å². The molecule has 200 valence electrons. The fourth-order valence-corrected chi connectivity index (χ4v) is 5.86. The number of hydrogen-bond donors (Lipinski definition) is 2. The lowest BCUT2D eigenvalue weighted by Crippen LogP contribution is -2.42. The minimum atomic E-state index is -1.27. The first kappa shape index (κ1) is 27.5. The van der Waals surface area contributed by atoms with Crippen molar-refractivity contribution in [2.24, 2.45) is 0 Å². The fourth-order valence-electron chi connectivity index (χ4n) is 5.10. The van der Waals surface area contributed by atoms with Crippen LogP contribution in [0.1, 0.15) is 41.9 Å². The second-order valence-electron chi connectivity index (χ2n) is 11.1. The minimum Gasteiger partial charge on any atom is -0.464 e.